The monoisotopic (exact) mass is 541 g/mol. The molecule has 0 radical (unpaired) electrons. The van der Waals surface area contributed by atoms with E-state index in [-0.39, 0.29) is 35.9 Å². The average molecular weight is 541 g/mol. The van der Waals surface area contributed by atoms with Gasteiger partial charge in [0.1, 0.15) is 17.9 Å². The maximum atomic E-state index is 12.3. The van der Waals surface area contributed by atoms with Gasteiger partial charge in [0.25, 0.3) is 0 Å². The first-order valence-electron chi connectivity index (χ1n) is 11.0. The van der Waals surface area contributed by atoms with Crippen molar-refractivity contribution >= 4 is 46.8 Å². The normalized spacial score (nSPS) is 16.9. The van der Waals surface area contributed by atoms with E-state index in [0.717, 1.165) is 73.7 Å². The van der Waals surface area contributed by atoms with Crippen LogP contribution in [0.15, 0.2) is 33.7 Å². The van der Waals surface area contributed by atoms with E-state index in [4.69, 9.17) is 9.41 Å². The van der Waals surface area contributed by atoms with E-state index in [1.54, 1.807) is 4.90 Å². The van der Waals surface area contributed by atoms with Crippen molar-refractivity contribution in [2.24, 2.45) is 4.99 Å². The van der Waals surface area contributed by atoms with Gasteiger partial charge in [0.05, 0.1) is 6.04 Å². The van der Waals surface area contributed by atoms with Crippen LogP contribution < -0.4 is 10.6 Å². The summed E-state index contributed by atoms with van der Waals surface area (Å²) in [6.45, 7) is 8.18. The van der Waals surface area contributed by atoms with Gasteiger partial charge >= 0.3 is 0 Å². The highest BCUT2D eigenvalue weighted by molar-refractivity contribution is 14.0. The number of rotatable bonds is 8. The van der Waals surface area contributed by atoms with Crippen LogP contribution in [0.1, 0.15) is 37.5 Å². The summed E-state index contributed by atoms with van der Waals surface area (Å²) in [5.74, 6) is 1.91. The van der Waals surface area contributed by atoms with Gasteiger partial charge in [0.2, 0.25) is 5.91 Å². The first-order chi connectivity index (χ1) is 14.5. The molecular formula is C23H36IN5O2. The minimum atomic E-state index is 0. The lowest BCUT2D eigenvalue weighted by atomic mass is 10.1. The summed E-state index contributed by atoms with van der Waals surface area (Å²) in [5, 5.41) is 7.86. The molecule has 7 nitrogen and oxygen atoms in total. The van der Waals surface area contributed by atoms with E-state index in [2.05, 4.69) is 35.4 Å². The summed E-state index contributed by atoms with van der Waals surface area (Å²) in [4.78, 5) is 21.0. The third-order valence-corrected chi connectivity index (χ3v) is 5.67. The predicted octanol–water partition coefficient (Wildman–Crippen LogP) is 3.36. The van der Waals surface area contributed by atoms with Crippen LogP contribution in [0, 0.1) is 6.92 Å². The second kappa shape index (κ2) is 12.3. The van der Waals surface area contributed by atoms with Crippen molar-refractivity contribution in [3.63, 3.8) is 0 Å². The number of aryl methyl sites for hydroxylation is 1. The Morgan fingerprint density at radius 2 is 2.06 bits per heavy atom. The van der Waals surface area contributed by atoms with Gasteiger partial charge < -0.3 is 20.0 Å². The van der Waals surface area contributed by atoms with E-state index < -0.39 is 0 Å². The van der Waals surface area contributed by atoms with Gasteiger partial charge in [-0.05, 0) is 45.7 Å². The quantitative estimate of drug-likeness (QED) is 0.232. The number of hydrogen-bond acceptors (Lipinski definition) is 4. The van der Waals surface area contributed by atoms with E-state index >= 15 is 0 Å². The standard InChI is InChI=1S/C23H35N5O2.HI/c1-5-24-23(26-16-21-17(2)18-10-6-7-12-20(18)30-21)25-13-9-15-28-14-8-11-19(28)22(29)27(3)4;/h6-7,10,12,19H,5,8-9,11,13-16H2,1-4H3,(H2,24,25,26);1H. The lowest BCUT2D eigenvalue weighted by Gasteiger charge is -2.26. The van der Waals surface area contributed by atoms with Crippen LogP contribution in [0.4, 0.5) is 0 Å². The van der Waals surface area contributed by atoms with Crippen molar-refractivity contribution in [1.82, 2.24) is 20.4 Å². The molecule has 1 fully saturated rings. The number of likely N-dealkylation sites (N-methyl/N-ethyl adjacent to an activating group) is 1. The third-order valence-electron chi connectivity index (χ3n) is 5.67. The Balaban J connectivity index is 0.00000341. The van der Waals surface area contributed by atoms with Crippen molar-refractivity contribution in [3.8, 4) is 0 Å². The molecule has 2 N–H and O–H groups in total. The first kappa shape index (κ1) is 25.5. The van der Waals surface area contributed by atoms with Gasteiger partial charge in [0, 0.05) is 44.7 Å². The fraction of sp³-hybridized carbons (Fsp3) is 0.565. The Morgan fingerprint density at radius 1 is 1.29 bits per heavy atom. The molecule has 31 heavy (non-hydrogen) atoms. The second-order valence-corrected chi connectivity index (χ2v) is 8.05. The van der Waals surface area contributed by atoms with Crippen LogP contribution in [0.3, 0.4) is 0 Å². The number of nitrogens with zero attached hydrogens (tertiary/aromatic N) is 3. The van der Waals surface area contributed by atoms with Gasteiger partial charge in [-0.3, -0.25) is 9.69 Å². The minimum absolute atomic E-state index is 0. The molecule has 1 aliphatic rings. The van der Waals surface area contributed by atoms with Crippen molar-refractivity contribution in [1.29, 1.82) is 0 Å². The molecule has 1 aromatic carbocycles. The number of nitrogens with one attached hydrogen (secondary N) is 2. The van der Waals surface area contributed by atoms with E-state index in [1.807, 2.05) is 32.3 Å². The molecule has 1 aliphatic heterocycles. The Kier molecular flexibility index (Phi) is 10.1. The van der Waals surface area contributed by atoms with Gasteiger partial charge in [-0.1, -0.05) is 18.2 Å². The van der Waals surface area contributed by atoms with E-state index in [9.17, 15) is 4.79 Å². The first-order valence-corrected chi connectivity index (χ1v) is 11.0. The molecule has 2 aromatic rings. The fourth-order valence-corrected chi connectivity index (χ4v) is 4.03. The maximum absolute atomic E-state index is 12.3. The van der Waals surface area contributed by atoms with Gasteiger partial charge in [-0.15, -0.1) is 24.0 Å². The molecule has 8 heteroatoms. The molecule has 1 unspecified atom stereocenters. The highest BCUT2D eigenvalue weighted by Crippen LogP contribution is 2.25. The zero-order valence-electron chi connectivity index (χ0n) is 19.1. The van der Waals surface area contributed by atoms with E-state index in [0.29, 0.717) is 6.54 Å². The van der Waals surface area contributed by atoms with Crippen LogP contribution >= 0.6 is 24.0 Å². The number of carbonyl (C=O) groups excluding carboxylic acids is 1. The summed E-state index contributed by atoms with van der Waals surface area (Å²) in [6.07, 6.45) is 3.02. The number of hydrogen-bond donors (Lipinski definition) is 2. The maximum Gasteiger partial charge on any atom is 0.239 e. The number of aliphatic imine (C=N–C) groups is 1. The molecule has 2 heterocycles. The summed E-state index contributed by atoms with van der Waals surface area (Å²) < 4.78 is 5.97. The van der Waals surface area contributed by atoms with Crippen LogP contribution in [-0.4, -0.2) is 68.0 Å². The number of para-hydroxylation sites is 1. The Labute approximate surface area is 202 Å². The zero-order chi connectivity index (χ0) is 21.5. The Morgan fingerprint density at radius 3 is 2.77 bits per heavy atom. The van der Waals surface area contributed by atoms with Crippen LogP contribution in [0.25, 0.3) is 11.0 Å². The molecule has 1 saturated heterocycles. The van der Waals surface area contributed by atoms with Crippen molar-refractivity contribution in [3.05, 3.63) is 35.6 Å². The largest absolute Gasteiger partial charge is 0.459 e. The molecule has 0 bridgehead atoms. The molecule has 172 valence electrons. The lowest BCUT2D eigenvalue weighted by molar-refractivity contribution is -0.133. The SMILES string of the molecule is CCNC(=NCc1oc2ccccc2c1C)NCCCN1CCCC1C(=O)N(C)C.I. The van der Waals surface area contributed by atoms with Crippen LogP contribution in [-0.2, 0) is 11.3 Å². The number of guanidine groups is 1. The zero-order valence-corrected chi connectivity index (χ0v) is 21.4. The summed E-state index contributed by atoms with van der Waals surface area (Å²) in [5.41, 5.74) is 2.06. The molecule has 1 atom stereocenters. The van der Waals surface area contributed by atoms with E-state index in [1.165, 1.54) is 0 Å². The Hall–Kier alpha value is -1.81. The topological polar surface area (TPSA) is 73.1 Å². The number of likely N-dealkylation sites (tertiary alicyclic amines) is 1. The molecule has 1 amide bonds. The highest BCUT2D eigenvalue weighted by Gasteiger charge is 2.30. The minimum Gasteiger partial charge on any atom is -0.459 e. The molecule has 0 saturated carbocycles. The van der Waals surface area contributed by atoms with Crippen molar-refractivity contribution in [2.75, 3.05) is 40.3 Å². The highest BCUT2D eigenvalue weighted by atomic mass is 127. The molecule has 1 aromatic heterocycles. The smallest absolute Gasteiger partial charge is 0.239 e. The number of amides is 1. The number of furan rings is 1. The number of fused-ring (bicyclic) bond motifs is 1. The second-order valence-electron chi connectivity index (χ2n) is 8.05. The summed E-state index contributed by atoms with van der Waals surface area (Å²) in [6, 6.07) is 8.13. The van der Waals surface area contributed by atoms with Crippen LogP contribution in [0.2, 0.25) is 0 Å². The molecule has 0 aliphatic carbocycles. The van der Waals surface area contributed by atoms with Crippen molar-refractivity contribution < 1.29 is 9.21 Å². The third kappa shape index (κ3) is 6.58. The van der Waals surface area contributed by atoms with Gasteiger partial charge in [-0.25, -0.2) is 4.99 Å². The van der Waals surface area contributed by atoms with Crippen LogP contribution in [0.5, 0.6) is 0 Å². The number of carbonyl (C=O) groups is 1. The van der Waals surface area contributed by atoms with Crippen molar-refractivity contribution in [2.45, 2.75) is 45.7 Å². The predicted molar refractivity (Wildman–Crippen MR) is 137 cm³/mol. The molecular weight excluding hydrogens is 505 g/mol. The average Bonchev–Trinajstić information content (AvgIpc) is 3.33. The fourth-order valence-electron chi connectivity index (χ4n) is 4.03. The Bertz CT molecular complexity index is 880. The number of halogens is 1. The molecule has 0 spiro atoms. The number of benzene rings is 1. The van der Waals surface area contributed by atoms with Gasteiger partial charge in [0.15, 0.2) is 5.96 Å². The summed E-state index contributed by atoms with van der Waals surface area (Å²) in [7, 11) is 3.67. The molecule has 3 rings (SSSR count). The summed E-state index contributed by atoms with van der Waals surface area (Å²) >= 11 is 0. The lowest BCUT2D eigenvalue weighted by Crippen LogP contribution is -2.44. The van der Waals surface area contributed by atoms with Gasteiger partial charge in [-0.2, -0.15) is 0 Å².